The van der Waals surface area contributed by atoms with E-state index in [9.17, 15) is 10.0 Å². The second kappa shape index (κ2) is 5.76. The highest BCUT2D eigenvalue weighted by Gasteiger charge is 2.35. The van der Waals surface area contributed by atoms with E-state index < -0.39 is 0 Å². The highest BCUT2D eigenvalue weighted by molar-refractivity contribution is 6.54. The third-order valence-corrected chi connectivity index (χ3v) is 4.02. The minimum Gasteiger partial charge on any atom is -0.497 e. The average molecular weight is 310 g/mol. The molecule has 118 valence electrons. The molecule has 3 rings (SSSR count). The van der Waals surface area contributed by atoms with Crippen LogP contribution in [0.2, 0.25) is 0 Å². The summed E-state index contributed by atoms with van der Waals surface area (Å²) in [5.74, 6) is 0.485. The number of ether oxygens (including phenoxy) is 1. The van der Waals surface area contributed by atoms with Gasteiger partial charge in [-0.3, -0.25) is 4.79 Å². The number of anilines is 1. The number of carbonyl (C=O) groups is 1. The highest BCUT2D eigenvalue weighted by Crippen LogP contribution is 2.35. The molecule has 0 atom stereocenters. The van der Waals surface area contributed by atoms with Crippen molar-refractivity contribution >= 4 is 17.3 Å². The van der Waals surface area contributed by atoms with Gasteiger partial charge in [0.2, 0.25) is 0 Å². The van der Waals surface area contributed by atoms with E-state index in [0.717, 1.165) is 28.1 Å². The van der Waals surface area contributed by atoms with Crippen molar-refractivity contribution in [3.8, 4) is 5.75 Å². The Balaban J connectivity index is 2.02. The number of hydrogen-bond acceptors (Lipinski definition) is 4. The van der Waals surface area contributed by atoms with Gasteiger partial charge >= 0.3 is 0 Å². The van der Waals surface area contributed by atoms with Gasteiger partial charge in [-0.2, -0.15) is 0 Å². The maximum Gasteiger partial charge on any atom is 0.281 e. The molecule has 1 aliphatic rings. The first-order chi connectivity index (χ1) is 11.0. The van der Waals surface area contributed by atoms with Crippen LogP contribution in [0, 0.1) is 13.8 Å². The topological polar surface area (TPSA) is 62.1 Å². The van der Waals surface area contributed by atoms with Gasteiger partial charge in [-0.25, -0.2) is 0 Å². The third kappa shape index (κ3) is 2.54. The minimum absolute atomic E-state index is 0.0975. The summed E-state index contributed by atoms with van der Waals surface area (Å²) in [4.78, 5) is 14.2. The predicted octanol–water partition coefficient (Wildman–Crippen LogP) is 3.04. The minimum atomic E-state index is -0.285. The summed E-state index contributed by atoms with van der Waals surface area (Å²) < 4.78 is 5.15. The molecular formula is C18H18N2O3. The van der Waals surface area contributed by atoms with Gasteiger partial charge in [-0.05, 0) is 43.2 Å². The highest BCUT2D eigenvalue weighted by atomic mass is 16.5. The van der Waals surface area contributed by atoms with Crippen LogP contribution >= 0.6 is 0 Å². The molecule has 0 aromatic heterocycles. The zero-order valence-electron chi connectivity index (χ0n) is 13.3. The molecule has 1 aliphatic heterocycles. The van der Waals surface area contributed by atoms with Crippen LogP contribution in [0.4, 0.5) is 5.69 Å². The van der Waals surface area contributed by atoms with Crippen molar-refractivity contribution in [1.82, 2.24) is 0 Å². The Morgan fingerprint density at radius 3 is 2.48 bits per heavy atom. The van der Waals surface area contributed by atoms with Crippen LogP contribution in [0.25, 0.3) is 0 Å². The quantitative estimate of drug-likeness (QED) is 0.700. The average Bonchev–Trinajstić information content (AvgIpc) is 2.79. The summed E-state index contributed by atoms with van der Waals surface area (Å²) in [6, 6.07) is 11.5. The standard InChI is InChI=1S/C18H18N2O3/c1-11-8-12(2)17-15(9-11)16(19-22)18(21)20(17)10-13-4-6-14(23-3)7-5-13/h4-9,22H,10H2,1-3H3/b19-16-. The van der Waals surface area contributed by atoms with Gasteiger partial charge in [0.05, 0.1) is 19.3 Å². The number of nitrogens with zero attached hydrogens (tertiary/aromatic N) is 2. The van der Waals surface area contributed by atoms with Crippen LogP contribution < -0.4 is 9.64 Å². The zero-order chi connectivity index (χ0) is 16.6. The molecule has 2 aromatic rings. The third-order valence-electron chi connectivity index (χ3n) is 4.02. The van der Waals surface area contributed by atoms with Gasteiger partial charge in [0, 0.05) is 5.56 Å². The summed E-state index contributed by atoms with van der Waals surface area (Å²) in [6.07, 6.45) is 0. The van der Waals surface area contributed by atoms with E-state index in [0.29, 0.717) is 12.1 Å². The van der Waals surface area contributed by atoms with Gasteiger partial charge in [0.15, 0.2) is 5.71 Å². The van der Waals surface area contributed by atoms with Crippen molar-refractivity contribution in [2.24, 2.45) is 5.16 Å². The molecule has 1 amide bonds. The largest absolute Gasteiger partial charge is 0.497 e. The van der Waals surface area contributed by atoms with E-state index in [2.05, 4.69) is 5.16 Å². The molecular weight excluding hydrogens is 292 g/mol. The van der Waals surface area contributed by atoms with E-state index >= 15 is 0 Å². The monoisotopic (exact) mass is 310 g/mol. The normalized spacial score (nSPS) is 15.2. The summed E-state index contributed by atoms with van der Waals surface area (Å²) in [7, 11) is 1.62. The molecule has 23 heavy (non-hydrogen) atoms. The smallest absolute Gasteiger partial charge is 0.281 e. The van der Waals surface area contributed by atoms with Gasteiger partial charge in [-0.15, -0.1) is 0 Å². The molecule has 1 heterocycles. The molecule has 0 unspecified atom stereocenters. The summed E-state index contributed by atoms with van der Waals surface area (Å²) in [6.45, 7) is 4.33. The Kier molecular flexibility index (Phi) is 3.78. The Morgan fingerprint density at radius 1 is 1.17 bits per heavy atom. The van der Waals surface area contributed by atoms with E-state index in [1.807, 2.05) is 50.2 Å². The van der Waals surface area contributed by atoms with Crippen LogP contribution in [-0.4, -0.2) is 23.9 Å². The van der Waals surface area contributed by atoms with Gasteiger partial charge in [0.1, 0.15) is 5.75 Å². The van der Waals surface area contributed by atoms with Gasteiger partial charge in [-0.1, -0.05) is 28.9 Å². The molecule has 1 N–H and O–H groups in total. The second-order valence-electron chi connectivity index (χ2n) is 5.67. The van der Waals surface area contributed by atoms with E-state index in [-0.39, 0.29) is 11.6 Å². The first-order valence-corrected chi connectivity index (χ1v) is 7.33. The Bertz CT molecular complexity index is 795. The fourth-order valence-electron chi connectivity index (χ4n) is 3.00. The first kappa shape index (κ1) is 15.1. The van der Waals surface area contributed by atoms with Gasteiger partial charge in [0.25, 0.3) is 5.91 Å². The fourth-order valence-corrected chi connectivity index (χ4v) is 3.00. The maximum atomic E-state index is 12.6. The number of methoxy groups -OCH3 is 1. The van der Waals surface area contributed by atoms with E-state index in [1.165, 1.54) is 0 Å². The fraction of sp³-hybridized carbons (Fsp3) is 0.222. The number of fused-ring (bicyclic) bond motifs is 1. The Hall–Kier alpha value is -2.82. The number of rotatable bonds is 3. The lowest BCUT2D eigenvalue weighted by Crippen LogP contribution is -2.29. The summed E-state index contributed by atoms with van der Waals surface area (Å²) in [5, 5.41) is 12.5. The number of aryl methyl sites for hydroxylation is 2. The lowest BCUT2D eigenvalue weighted by Gasteiger charge is -2.19. The SMILES string of the molecule is COc1ccc(CN2C(=O)/C(=N\O)c3cc(C)cc(C)c32)cc1. The van der Waals surface area contributed by atoms with Crippen LogP contribution in [0.3, 0.4) is 0 Å². The number of hydrogen-bond donors (Lipinski definition) is 1. The molecule has 5 heteroatoms. The number of oxime groups is 1. The molecule has 0 aliphatic carbocycles. The maximum absolute atomic E-state index is 12.6. The molecule has 0 saturated heterocycles. The second-order valence-corrected chi connectivity index (χ2v) is 5.67. The number of amides is 1. The molecule has 0 saturated carbocycles. The summed E-state index contributed by atoms with van der Waals surface area (Å²) >= 11 is 0. The summed E-state index contributed by atoms with van der Waals surface area (Å²) in [5.41, 5.74) is 4.58. The van der Waals surface area contributed by atoms with Gasteiger partial charge < -0.3 is 14.8 Å². The Labute approximate surface area is 134 Å². The van der Waals surface area contributed by atoms with Crippen LogP contribution in [0.1, 0.15) is 22.3 Å². The van der Waals surface area contributed by atoms with Crippen LogP contribution in [-0.2, 0) is 11.3 Å². The zero-order valence-corrected chi connectivity index (χ0v) is 13.3. The molecule has 0 bridgehead atoms. The predicted molar refractivity (Wildman–Crippen MR) is 88.4 cm³/mol. The molecule has 0 spiro atoms. The van der Waals surface area contributed by atoms with Crippen LogP contribution in [0.5, 0.6) is 5.75 Å². The van der Waals surface area contributed by atoms with Crippen LogP contribution in [0.15, 0.2) is 41.6 Å². The lowest BCUT2D eigenvalue weighted by molar-refractivity contribution is -0.112. The van der Waals surface area contributed by atoms with Crippen molar-refractivity contribution in [1.29, 1.82) is 0 Å². The van der Waals surface area contributed by atoms with Crippen molar-refractivity contribution in [3.63, 3.8) is 0 Å². The molecule has 0 fully saturated rings. The van der Waals surface area contributed by atoms with Crippen molar-refractivity contribution in [2.75, 3.05) is 12.0 Å². The molecule has 0 radical (unpaired) electrons. The van der Waals surface area contributed by atoms with Crippen molar-refractivity contribution in [2.45, 2.75) is 20.4 Å². The van der Waals surface area contributed by atoms with E-state index in [4.69, 9.17) is 4.74 Å². The van der Waals surface area contributed by atoms with Crippen molar-refractivity contribution in [3.05, 3.63) is 58.7 Å². The Morgan fingerprint density at radius 2 is 1.87 bits per heavy atom. The number of carbonyl (C=O) groups excluding carboxylic acids is 1. The lowest BCUT2D eigenvalue weighted by atomic mass is 10.0. The molecule has 5 nitrogen and oxygen atoms in total. The van der Waals surface area contributed by atoms with E-state index in [1.54, 1.807) is 12.0 Å². The number of benzene rings is 2. The first-order valence-electron chi connectivity index (χ1n) is 7.33. The van der Waals surface area contributed by atoms with Crippen molar-refractivity contribution < 1.29 is 14.7 Å². The molecule has 2 aromatic carbocycles.